The smallest absolute Gasteiger partial charge is 0.241 e. The van der Waals surface area contributed by atoms with Crippen LogP contribution in [0.25, 0.3) is 0 Å². The maximum atomic E-state index is 12.3. The average Bonchev–Trinajstić information content (AvgIpc) is 2.55. The van der Waals surface area contributed by atoms with Gasteiger partial charge in [0, 0.05) is 0 Å². The minimum atomic E-state index is -3.67. The van der Waals surface area contributed by atoms with Crippen molar-refractivity contribution in [2.75, 3.05) is 17.1 Å². The summed E-state index contributed by atoms with van der Waals surface area (Å²) in [5.41, 5.74) is 1.20. The first-order chi connectivity index (χ1) is 11.7. The molecule has 134 valence electrons. The predicted octanol–water partition coefficient (Wildman–Crippen LogP) is 3.64. The number of anilines is 1. The Morgan fingerprint density at radius 3 is 2.32 bits per heavy atom. The monoisotopic (exact) mass is 400 g/mol. The number of nitrogens with one attached hydrogen (secondary N) is 1. The standard InChI is InChI=1S/C17H18Cl2N2O3S/c1-12(13-6-4-3-5-7-13)20-17(22)11-21(25(2,23)24)14-8-9-15(18)16(19)10-14/h3-10,12H,11H2,1-2H3,(H,20,22). The van der Waals surface area contributed by atoms with Crippen LogP contribution in [0.2, 0.25) is 10.0 Å². The first-order valence-corrected chi connectivity index (χ1v) is 10.1. The van der Waals surface area contributed by atoms with Crippen LogP contribution in [0.5, 0.6) is 0 Å². The van der Waals surface area contributed by atoms with E-state index in [1.165, 1.54) is 18.2 Å². The number of carbonyl (C=O) groups excluding carboxylic acids is 1. The Morgan fingerprint density at radius 1 is 1.12 bits per heavy atom. The molecule has 2 rings (SSSR count). The van der Waals surface area contributed by atoms with Crippen molar-refractivity contribution >= 4 is 44.8 Å². The maximum absolute atomic E-state index is 12.3. The van der Waals surface area contributed by atoms with Crippen LogP contribution in [0.1, 0.15) is 18.5 Å². The van der Waals surface area contributed by atoms with Gasteiger partial charge in [-0.15, -0.1) is 0 Å². The first kappa shape index (κ1) is 19.6. The van der Waals surface area contributed by atoms with Crippen LogP contribution >= 0.6 is 23.2 Å². The van der Waals surface area contributed by atoms with E-state index in [0.717, 1.165) is 16.1 Å². The molecule has 0 saturated heterocycles. The zero-order valence-electron chi connectivity index (χ0n) is 13.7. The number of rotatable bonds is 6. The highest BCUT2D eigenvalue weighted by atomic mass is 35.5. The Kier molecular flexibility index (Phi) is 6.32. The summed E-state index contributed by atoms with van der Waals surface area (Å²) in [5, 5.41) is 3.31. The molecule has 1 amide bonds. The molecular formula is C17H18Cl2N2O3S. The van der Waals surface area contributed by atoms with Crippen LogP contribution in [0.15, 0.2) is 48.5 Å². The molecule has 2 aromatic rings. The van der Waals surface area contributed by atoms with Gasteiger partial charge in [0.2, 0.25) is 15.9 Å². The lowest BCUT2D eigenvalue weighted by Gasteiger charge is -2.23. The molecule has 0 fully saturated rings. The van der Waals surface area contributed by atoms with Crippen LogP contribution in [0.3, 0.4) is 0 Å². The normalized spacial score (nSPS) is 12.5. The third-order valence-electron chi connectivity index (χ3n) is 3.56. The van der Waals surface area contributed by atoms with Crippen LogP contribution in [0.4, 0.5) is 5.69 Å². The number of carbonyl (C=O) groups is 1. The second-order valence-corrected chi connectivity index (χ2v) is 8.29. The Balaban J connectivity index is 2.17. The van der Waals surface area contributed by atoms with Gasteiger partial charge in [-0.1, -0.05) is 53.5 Å². The highest BCUT2D eigenvalue weighted by Crippen LogP contribution is 2.28. The molecule has 0 aliphatic carbocycles. The van der Waals surface area contributed by atoms with E-state index >= 15 is 0 Å². The number of halogens is 2. The molecule has 25 heavy (non-hydrogen) atoms. The van der Waals surface area contributed by atoms with E-state index in [0.29, 0.717) is 5.02 Å². The largest absolute Gasteiger partial charge is 0.348 e. The number of sulfonamides is 1. The summed E-state index contributed by atoms with van der Waals surface area (Å²) in [6, 6.07) is 13.6. The van der Waals surface area contributed by atoms with E-state index in [-0.39, 0.29) is 23.3 Å². The molecule has 5 nitrogen and oxygen atoms in total. The maximum Gasteiger partial charge on any atom is 0.241 e. The predicted molar refractivity (Wildman–Crippen MR) is 102 cm³/mol. The number of amides is 1. The van der Waals surface area contributed by atoms with E-state index < -0.39 is 15.9 Å². The Hall–Kier alpha value is -1.76. The molecule has 1 unspecified atom stereocenters. The summed E-state index contributed by atoms with van der Waals surface area (Å²) in [7, 11) is -3.67. The van der Waals surface area contributed by atoms with Crippen molar-refractivity contribution in [3.8, 4) is 0 Å². The summed E-state index contributed by atoms with van der Waals surface area (Å²) in [6.45, 7) is 1.48. The van der Waals surface area contributed by atoms with Gasteiger partial charge >= 0.3 is 0 Å². The fourth-order valence-corrected chi connectivity index (χ4v) is 3.42. The molecule has 0 aliphatic heterocycles. The fraction of sp³-hybridized carbons (Fsp3) is 0.235. The molecule has 0 aromatic heterocycles. The van der Waals surface area contributed by atoms with Gasteiger partial charge < -0.3 is 5.32 Å². The molecule has 0 aliphatic rings. The number of benzene rings is 2. The quantitative estimate of drug-likeness (QED) is 0.804. The van der Waals surface area contributed by atoms with Gasteiger partial charge in [-0.3, -0.25) is 9.10 Å². The zero-order valence-corrected chi connectivity index (χ0v) is 16.1. The minimum Gasteiger partial charge on any atom is -0.348 e. The minimum absolute atomic E-state index is 0.214. The molecule has 0 radical (unpaired) electrons. The molecule has 2 aromatic carbocycles. The van der Waals surface area contributed by atoms with Crippen LogP contribution in [-0.4, -0.2) is 27.1 Å². The zero-order chi connectivity index (χ0) is 18.6. The molecule has 1 atom stereocenters. The van der Waals surface area contributed by atoms with E-state index in [9.17, 15) is 13.2 Å². The van der Waals surface area contributed by atoms with Gasteiger partial charge in [-0.25, -0.2) is 8.42 Å². The van der Waals surface area contributed by atoms with Crippen LogP contribution in [-0.2, 0) is 14.8 Å². The summed E-state index contributed by atoms with van der Waals surface area (Å²) < 4.78 is 25.2. The topological polar surface area (TPSA) is 66.5 Å². The average molecular weight is 401 g/mol. The number of nitrogens with zero attached hydrogens (tertiary/aromatic N) is 1. The fourth-order valence-electron chi connectivity index (χ4n) is 2.28. The van der Waals surface area contributed by atoms with Gasteiger partial charge in [0.1, 0.15) is 6.54 Å². The van der Waals surface area contributed by atoms with E-state index in [2.05, 4.69) is 5.32 Å². The lowest BCUT2D eigenvalue weighted by molar-refractivity contribution is -0.120. The number of hydrogen-bond acceptors (Lipinski definition) is 3. The second-order valence-electron chi connectivity index (χ2n) is 5.57. The van der Waals surface area contributed by atoms with Crippen molar-refractivity contribution in [2.24, 2.45) is 0 Å². The summed E-state index contributed by atoms with van der Waals surface area (Å²) in [6.07, 6.45) is 1.03. The molecule has 8 heteroatoms. The molecule has 0 heterocycles. The van der Waals surface area contributed by atoms with Gasteiger partial charge in [-0.2, -0.15) is 0 Å². The van der Waals surface area contributed by atoms with E-state index in [4.69, 9.17) is 23.2 Å². The van der Waals surface area contributed by atoms with Crippen molar-refractivity contribution in [3.05, 3.63) is 64.1 Å². The molecule has 0 saturated carbocycles. The third kappa shape index (κ3) is 5.36. The lowest BCUT2D eigenvalue weighted by atomic mass is 10.1. The Bertz CT molecular complexity index is 857. The van der Waals surface area contributed by atoms with Gasteiger partial charge in [-0.05, 0) is 30.7 Å². The van der Waals surface area contributed by atoms with Gasteiger partial charge in [0.25, 0.3) is 0 Å². The molecule has 0 spiro atoms. The van der Waals surface area contributed by atoms with Gasteiger partial charge in [0.15, 0.2) is 0 Å². The Labute approximate surface area is 157 Å². The van der Waals surface area contributed by atoms with Crippen molar-refractivity contribution < 1.29 is 13.2 Å². The number of hydrogen-bond donors (Lipinski definition) is 1. The summed E-state index contributed by atoms with van der Waals surface area (Å²) >= 11 is 11.8. The van der Waals surface area contributed by atoms with E-state index in [1.54, 1.807) is 0 Å². The molecule has 1 N–H and O–H groups in total. The summed E-state index contributed by atoms with van der Waals surface area (Å²) in [5.74, 6) is -0.423. The first-order valence-electron chi connectivity index (χ1n) is 7.45. The van der Waals surface area contributed by atoms with Crippen molar-refractivity contribution in [3.63, 3.8) is 0 Å². The van der Waals surface area contributed by atoms with Crippen molar-refractivity contribution in [1.82, 2.24) is 5.32 Å². The summed E-state index contributed by atoms with van der Waals surface area (Å²) in [4.78, 5) is 12.3. The molecule has 0 bridgehead atoms. The second kappa shape index (κ2) is 8.08. The van der Waals surface area contributed by atoms with Crippen LogP contribution in [0, 0.1) is 0 Å². The molecular weight excluding hydrogens is 383 g/mol. The van der Waals surface area contributed by atoms with Crippen molar-refractivity contribution in [2.45, 2.75) is 13.0 Å². The van der Waals surface area contributed by atoms with Gasteiger partial charge in [0.05, 0.1) is 28.0 Å². The highest BCUT2D eigenvalue weighted by molar-refractivity contribution is 7.92. The van der Waals surface area contributed by atoms with E-state index in [1.807, 2.05) is 37.3 Å². The lowest BCUT2D eigenvalue weighted by Crippen LogP contribution is -2.41. The third-order valence-corrected chi connectivity index (χ3v) is 5.44. The SMILES string of the molecule is CC(NC(=O)CN(c1ccc(Cl)c(Cl)c1)S(C)(=O)=O)c1ccccc1. The highest BCUT2D eigenvalue weighted by Gasteiger charge is 2.22. The Morgan fingerprint density at radius 2 is 1.76 bits per heavy atom. The van der Waals surface area contributed by atoms with Crippen molar-refractivity contribution in [1.29, 1.82) is 0 Å². The van der Waals surface area contributed by atoms with Crippen LogP contribution < -0.4 is 9.62 Å².